The summed E-state index contributed by atoms with van der Waals surface area (Å²) in [7, 11) is -5.56. The van der Waals surface area contributed by atoms with Crippen molar-refractivity contribution in [1.29, 1.82) is 0 Å². The van der Waals surface area contributed by atoms with E-state index in [0.717, 1.165) is 4.31 Å². The van der Waals surface area contributed by atoms with Crippen LogP contribution in [0.25, 0.3) is 0 Å². The maximum atomic E-state index is 11.9. The Morgan fingerprint density at radius 3 is 2.54 bits per heavy atom. The Bertz CT molecular complexity index is 717. The van der Waals surface area contributed by atoms with Gasteiger partial charge in [0.1, 0.15) is 24.9 Å². The highest BCUT2D eigenvalue weighted by Gasteiger charge is 2.66. The van der Waals surface area contributed by atoms with Gasteiger partial charge < -0.3 is 14.2 Å². The zero-order valence-corrected chi connectivity index (χ0v) is 15.1. The van der Waals surface area contributed by atoms with Crippen molar-refractivity contribution in [2.24, 2.45) is 0 Å². The molecule has 140 valence electrons. The van der Waals surface area contributed by atoms with E-state index in [2.05, 4.69) is 0 Å². The minimum Gasteiger partial charge on any atom is -0.343 e. The van der Waals surface area contributed by atoms with Gasteiger partial charge in [0.25, 0.3) is 0 Å². The lowest BCUT2D eigenvalue weighted by molar-refractivity contribution is -0.290. The van der Waals surface area contributed by atoms with Gasteiger partial charge in [-0.05, 0) is 13.8 Å². The molecule has 3 heterocycles. The normalized spacial score (nSPS) is 40.5. The van der Waals surface area contributed by atoms with Gasteiger partial charge in [0.2, 0.25) is 5.79 Å². The lowest BCUT2D eigenvalue weighted by Gasteiger charge is -2.39. The standard InChI is InChI=1S/C11H19NO10S2/c1-10(2)19-9-8-7(20-24(15,16)21-8)5-17-11(9,22-10)6-18-23(13,14)12(3)4/h7-9H,5-6H2,1-4H3/t7-,8-,9+,11+/m1/s1. The lowest BCUT2D eigenvalue weighted by atomic mass is 9.98. The first-order chi connectivity index (χ1) is 10.9. The van der Waals surface area contributed by atoms with E-state index in [1.54, 1.807) is 13.8 Å². The molecular formula is C11H19NO10S2. The van der Waals surface area contributed by atoms with Gasteiger partial charge >= 0.3 is 20.7 Å². The molecule has 0 bridgehead atoms. The molecule has 0 spiro atoms. The van der Waals surface area contributed by atoms with Crippen molar-refractivity contribution < 1.29 is 43.6 Å². The molecule has 4 atom stereocenters. The summed E-state index contributed by atoms with van der Waals surface area (Å²) >= 11 is 0. The van der Waals surface area contributed by atoms with Crippen LogP contribution in [0.15, 0.2) is 0 Å². The highest BCUT2D eigenvalue weighted by atomic mass is 32.3. The Morgan fingerprint density at radius 1 is 1.25 bits per heavy atom. The summed E-state index contributed by atoms with van der Waals surface area (Å²) in [5.41, 5.74) is 0. The molecule has 0 aromatic heterocycles. The van der Waals surface area contributed by atoms with E-state index in [-0.39, 0.29) is 6.61 Å². The summed E-state index contributed by atoms with van der Waals surface area (Å²) in [6, 6.07) is 0. The second-order valence-corrected chi connectivity index (χ2v) is 9.29. The van der Waals surface area contributed by atoms with Crippen LogP contribution in [0.4, 0.5) is 0 Å². The van der Waals surface area contributed by atoms with Gasteiger partial charge in [-0.2, -0.15) is 21.1 Å². The minimum atomic E-state index is -4.17. The number of hydrogen-bond donors (Lipinski definition) is 0. The van der Waals surface area contributed by atoms with E-state index in [0.29, 0.717) is 0 Å². The summed E-state index contributed by atoms with van der Waals surface area (Å²) in [5.74, 6) is -2.81. The highest BCUT2D eigenvalue weighted by molar-refractivity contribution is 7.84. The minimum absolute atomic E-state index is 0.189. The van der Waals surface area contributed by atoms with Gasteiger partial charge in [-0.25, -0.2) is 8.37 Å². The Kier molecular flexibility index (Phi) is 4.26. The van der Waals surface area contributed by atoms with Gasteiger partial charge in [-0.1, -0.05) is 0 Å². The lowest BCUT2D eigenvalue weighted by Crippen LogP contribution is -2.60. The van der Waals surface area contributed by atoms with Gasteiger partial charge in [0.05, 0.1) is 6.61 Å². The van der Waals surface area contributed by atoms with Gasteiger partial charge in [-0.3, -0.25) is 4.18 Å². The molecule has 0 amide bonds. The predicted molar refractivity (Wildman–Crippen MR) is 75.9 cm³/mol. The zero-order valence-electron chi connectivity index (χ0n) is 13.5. The van der Waals surface area contributed by atoms with Crippen LogP contribution in [0.5, 0.6) is 0 Å². The third-order valence-corrected chi connectivity index (χ3v) is 6.00. The first-order valence-electron chi connectivity index (χ1n) is 7.06. The van der Waals surface area contributed by atoms with Crippen LogP contribution in [0, 0.1) is 0 Å². The number of rotatable bonds is 4. The highest BCUT2D eigenvalue weighted by Crippen LogP contribution is 2.46. The number of nitrogens with zero attached hydrogens (tertiary/aromatic N) is 1. The van der Waals surface area contributed by atoms with E-state index in [1.807, 2.05) is 0 Å². The van der Waals surface area contributed by atoms with Crippen LogP contribution in [0.2, 0.25) is 0 Å². The van der Waals surface area contributed by atoms with Crippen molar-refractivity contribution in [2.45, 2.75) is 43.7 Å². The van der Waals surface area contributed by atoms with Crippen LogP contribution in [0.3, 0.4) is 0 Å². The zero-order chi connectivity index (χ0) is 18.0. The molecule has 0 radical (unpaired) electrons. The summed E-state index contributed by atoms with van der Waals surface area (Å²) in [6.45, 7) is 2.44. The molecule has 11 nitrogen and oxygen atoms in total. The molecule has 13 heteroatoms. The second-order valence-electron chi connectivity index (χ2n) is 6.27. The molecule has 0 saturated carbocycles. The van der Waals surface area contributed by atoms with Crippen LogP contribution in [-0.2, 0) is 47.5 Å². The third-order valence-electron chi connectivity index (χ3n) is 3.75. The SMILES string of the molecule is CN(C)S(=O)(=O)OC[C@@]12OC[C@H]3OS(=O)(=O)O[C@H]3[C@@H]1OC(C)(C)O2. The van der Waals surface area contributed by atoms with E-state index < -0.39 is 57.2 Å². The molecule has 0 N–H and O–H groups in total. The second kappa shape index (κ2) is 5.56. The molecule has 24 heavy (non-hydrogen) atoms. The van der Waals surface area contributed by atoms with Crippen molar-refractivity contribution in [3.05, 3.63) is 0 Å². The maximum Gasteiger partial charge on any atom is 0.400 e. The quantitative estimate of drug-likeness (QED) is 0.573. The molecule has 3 fully saturated rings. The van der Waals surface area contributed by atoms with Crippen LogP contribution >= 0.6 is 0 Å². The average Bonchev–Trinajstić information content (AvgIpc) is 2.88. The summed E-state index contributed by atoms with van der Waals surface area (Å²) in [5, 5.41) is 0. The van der Waals surface area contributed by atoms with Gasteiger partial charge in [0, 0.05) is 14.1 Å². The van der Waals surface area contributed by atoms with Gasteiger partial charge in [-0.15, -0.1) is 0 Å². The molecule has 3 saturated heterocycles. The average molecular weight is 389 g/mol. The number of hydrogen-bond acceptors (Lipinski definition) is 10. The van der Waals surface area contributed by atoms with E-state index in [1.165, 1.54) is 14.1 Å². The monoisotopic (exact) mass is 389 g/mol. The number of fused-ring (bicyclic) bond motifs is 3. The smallest absolute Gasteiger partial charge is 0.343 e. The Morgan fingerprint density at radius 2 is 1.92 bits per heavy atom. The van der Waals surface area contributed by atoms with Gasteiger partial charge in [0.15, 0.2) is 5.79 Å². The number of ether oxygens (including phenoxy) is 3. The Labute approximate surface area is 140 Å². The van der Waals surface area contributed by atoms with E-state index >= 15 is 0 Å². The fourth-order valence-corrected chi connectivity index (χ4v) is 4.29. The molecule has 0 unspecified atom stereocenters. The van der Waals surface area contributed by atoms with Crippen LogP contribution < -0.4 is 0 Å². The summed E-state index contributed by atoms with van der Waals surface area (Å²) in [6.07, 6.45) is -2.99. The van der Waals surface area contributed by atoms with Crippen molar-refractivity contribution in [3.8, 4) is 0 Å². The van der Waals surface area contributed by atoms with Crippen LogP contribution in [-0.4, -0.2) is 78.3 Å². The molecule has 3 aliphatic rings. The molecular weight excluding hydrogens is 370 g/mol. The molecule has 0 aromatic rings. The molecule has 0 aliphatic carbocycles. The Balaban J connectivity index is 1.87. The first-order valence-corrected chi connectivity index (χ1v) is 9.76. The fourth-order valence-electron chi connectivity index (χ4n) is 2.76. The summed E-state index contributed by atoms with van der Waals surface area (Å²) in [4.78, 5) is 0. The molecule has 0 aromatic carbocycles. The topological polar surface area (TPSA) is 127 Å². The molecule has 3 rings (SSSR count). The third kappa shape index (κ3) is 3.20. The molecule has 3 aliphatic heterocycles. The maximum absolute atomic E-state index is 11.9. The van der Waals surface area contributed by atoms with Crippen LogP contribution in [0.1, 0.15) is 13.8 Å². The van der Waals surface area contributed by atoms with Crippen molar-refractivity contribution in [2.75, 3.05) is 27.3 Å². The van der Waals surface area contributed by atoms with Crippen molar-refractivity contribution in [1.82, 2.24) is 4.31 Å². The fraction of sp³-hybridized carbons (Fsp3) is 1.00. The van der Waals surface area contributed by atoms with Crippen molar-refractivity contribution in [3.63, 3.8) is 0 Å². The summed E-state index contributed by atoms with van der Waals surface area (Å²) < 4.78 is 79.3. The largest absolute Gasteiger partial charge is 0.400 e. The van der Waals surface area contributed by atoms with E-state index in [4.69, 9.17) is 26.8 Å². The predicted octanol–water partition coefficient (Wildman–Crippen LogP) is -1.28. The Hall–Kier alpha value is -0.380. The van der Waals surface area contributed by atoms with E-state index in [9.17, 15) is 16.8 Å². The van der Waals surface area contributed by atoms with Crippen molar-refractivity contribution >= 4 is 20.7 Å². The first kappa shape index (κ1) is 18.4.